The van der Waals surface area contributed by atoms with Crippen LogP contribution in [0.5, 0.6) is 0 Å². The molecule has 0 unspecified atom stereocenters. The van der Waals surface area contributed by atoms with Crippen LogP contribution in [0.1, 0.15) is 6.92 Å². The van der Waals surface area contributed by atoms with E-state index < -0.39 is 11.9 Å². The molecule has 0 atom stereocenters. The predicted molar refractivity (Wildman–Crippen MR) is 50.7 cm³/mol. The molecule has 0 aliphatic carbocycles. The van der Waals surface area contributed by atoms with E-state index in [9.17, 15) is 9.59 Å². The molecule has 2 N–H and O–H groups in total. The van der Waals surface area contributed by atoms with Gasteiger partial charge in [-0.15, -0.1) is 0 Å². The number of esters is 1. The molecule has 0 radical (unpaired) electrons. The molecule has 0 fully saturated rings. The van der Waals surface area contributed by atoms with Crippen molar-refractivity contribution in [1.29, 1.82) is 0 Å². The summed E-state index contributed by atoms with van der Waals surface area (Å²) < 4.78 is 4.33. The van der Waals surface area contributed by atoms with E-state index in [1.807, 2.05) is 0 Å². The van der Waals surface area contributed by atoms with E-state index in [1.165, 1.54) is 6.08 Å². The third kappa shape index (κ3) is 16.8. The van der Waals surface area contributed by atoms with Gasteiger partial charge in [0.25, 0.3) is 0 Å². The summed E-state index contributed by atoms with van der Waals surface area (Å²) in [5.41, 5.74) is 0. The number of rotatable bonds is 4. The molecule has 5 heteroatoms. The number of carboxylic acid groups (broad SMARTS) is 1. The van der Waals surface area contributed by atoms with Crippen LogP contribution >= 0.6 is 0 Å². The summed E-state index contributed by atoms with van der Waals surface area (Å²) in [5, 5.41) is 15.9. The van der Waals surface area contributed by atoms with Crippen molar-refractivity contribution in [3.8, 4) is 0 Å². The summed E-state index contributed by atoms with van der Waals surface area (Å²) in [5.74, 6) is -1.39. The van der Waals surface area contributed by atoms with Crippen molar-refractivity contribution in [2.45, 2.75) is 6.92 Å². The minimum absolute atomic E-state index is 0.0465. The van der Waals surface area contributed by atoms with Crippen LogP contribution < -0.4 is 0 Å². The lowest BCUT2D eigenvalue weighted by Gasteiger charge is -1.94. The fourth-order valence-corrected chi connectivity index (χ4v) is 0.348. The Hall–Kier alpha value is -1.62. The van der Waals surface area contributed by atoms with Crippen molar-refractivity contribution in [2.75, 3.05) is 13.2 Å². The van der Waals surface area contributed by atoms with Crippen LogP contribution in [0, 0.1) is 0 Å². The molecule has 5 nitrogen and oxygen atoms in total. The molecule has 14 heavy (non-hydrogen) atoms. The number of allylic oxidation sites excluding steroid dienone is 1. The number of hydrogen-bond acceptors (Lipinski definition) is 4. The molecule has 0 saturated carbocycles. The van der Waals surface area contributed by atoms with Crippen LogP contribution in [-0.2, 0) is 14.3 Å². The maximum atomic E-state index is 10.1. The van der Waals surface area contributed by atoms with E-state index in [1.54, 1.807) is 6.92 Å². The molecule has 0 aromatic carbocycles. The quantitative estimate of drug-likeness (QED) is 0.507. The SMILES string of the molecule is C=CC(=O)OCCO.CC=CC(=O)O. The van der Waals surface area contributed by atoms with Crippen molar-refractivity contribution >= 4 is 11.9 Å². The molecule has 0 bridgehead atoms. The highest BCUT2D eigenvalue weighted by Crippen LogP contribution is 1.75. The van der Waals surface area contributed by atoms with Crippen LogP contribution in [0.4, 0.5) is 0 Å². The number of ether oxygens (including phenoxy) is 1. The second-order valence-corrected chi connectivity index (χ2v) is 1.93. The van der Waals surface area contributed by atoms with Crippen LogP contribution in [0.2, 0.25) is 0 Å². The summed E-state index contributed by atoms with van der Waals surface area (Å²) >= 11 is 0. The van der Waals surface area contributed by atoms with E-state index >= 15 is 0 Å². The van der Waals surface area contributed by atoms with Crippen molar-refractivity contribution in [2.24, 2.45) is 0 Å². The molecule has 0 rings (SSSR count). The molecule has 0 saturated heterocycles. The molecule has 0 aromatic heterocycles. The highest BCUT2D eigenvalue weighted by atomic mass is 16.5. The Morgan fingerprint density at radius 2 is 2.07 bits per heavy atom. The standard InChI is InChI=1S/C5H8O3.C4H6O2/c1-2-5(7)8-4-3-6;1-2-3-4(5)6/h2,6H,1,3-4H2;2-3H,1H3,(H,5,6). The lowest BCUT2D eigenvalue weighted by atomic mass is 10.5. The van der Waals surface area contributed by atoms with E-state index in [2.05, 4.69) is 11.3 Å². The summed E-state index contributed by atoms with van der Waals surface area (Å²) in [6, 6.07) is 0. The summed E-state index contributed by atoms with van der Waals surface area (Å²) in [6.45, 7) is 4.73. The Labute approximate surface area is 82.3 Å². The van der Waals surface area contributed by atoms with Gasteiger partial charge in [0.05, 0.1) is 6.61 Å². The Morgan fingerprint density at radius 1 is 1.50 bits per heavy atom. The Kier molecular flexibility index (Phi) is 12.1. The van der Waals surface area contributed by atoms with Gasteiger partial charge in [-0.05, 0) is 6.92 Å². The number of carboxylic acids is 1. The third-order valence-electron chi connectivity index (χ3n) is 0.812. The van der Waals surface area contributed by atoms with Gasteiger partial charge < -0.3 is 14.9 Å². The lowest BCUT2D eigenvalue weighted by Crippen LogP contribution is -2.04. The van der Waals surface area contributed by atoms with Crippen LogP contribution in [0.25, 0.3) is 0 Å². The maximum absolute atomic E-state index is 10.1. The van der Waals surface area contributed by atoms with E-state index in [-0.39, 0.29) is 13.2 Å². The summed E-state index contributed by atoms with van der Waals surface area (Å²) in [7, 11) is 0. The highest BCUT2D eigenvalue weighted by molar-refractivity contribution is 5.81. The molecule has 0 amide bonds. The monoisotopic (exact) mass is 202 g/mol. The average Bonchev–Trinajstić information content (AvgIpc) is 2.15. The fourth-order valence-electron chi connectivity index (χ4n) is 0.348. The zero-order valence-corrected chi connectivity index (χ0v) is 7.97. The minimum atomic E-state index is -0.891. The van der Waals surface area contributed by atoms with Crippen molar-refractivity contribution in [3.05, 3.63) is 24.8 Å². The average molecular weight is 202 g/mol. The first kappa shape index (κ1) is 14.9. The molecule has 80 valence electrons. The third-order valence-corrected chi connectivity index (χ3v) is 0.812. The van der Waals surface area contributed by atoms with Gasteiger partial charge in [-0.3, -0.25) is 0 Å². The normalized spacial score (nSPS) is 8.71. The number of hydrogen-bond donors (Lipinski definition) is 2. The Morgan fingerprint density at radius 3 is 2.29 bits per heavy atom. The fraction of sp³-hybridized carbons (Fsp3) is 0.333. The van der Waals surface area contributed by atoms with Crippen LogP contribution in [0.15, 0.2) is 24.8 Å². The number of aliphatic hydroxyl groups is 1. The first-order valence-corrected chi connectivity index (χ1v) is 3.84. The second-order valence-electron chi connectivity index (χ2n) is 1.93. The number of carbonyl (C=O) groups excluding carboxylic acids is 1. The zero-order chi connectivity index (χ0) is 11.4. The Balaban J connectivity index is 0. The molecule has 0 aliphatic rings. The number of aliphatic carboxylic acids is 1. The van der Waals surface area contributed by atoms with E-state index in [0.717, 1.165) is 12.2 Å². The van der Waals surface area contributed by atoms with E-state index in [0.29, 0.717) is 0 Å². The first-order chi connectivity index (χ1) is 6.58. The van der Waals surface area contributed by atoms with Crippen LogP contribution in [0.3, 0.4) is 0 Å². The second kappa shape index (κ2) is 11.4. The van der Waals surface area contributed by atoms with Gasteiger partial charge in [0.1, 0.15) is 6.61 Å². The largest absolute Gasteiger partial charge is 0.478 e. The first-order valence-electron chi connectivity index (χ1n) is 3.84. The minimum Gasteiger partial charge on any atom is -0.478 e. The topological polar surface area (TPSA) is 83.8 Å². The molecule has 0 aliphatic heterocycles. The van der Waals surface area contributed by atoms with Crippen molar-refractivity contribution in [1.82, 2.24) is 0 Å². The zero-order valence-electron chi connectivity index (χ0n) is 7.97. The van der Waals surface area contributed by atoms with Gasteiger partial charge in [0.15, 0.2) is 0 Å². The molecule has 0 heterocycles. The number of carbonyl (C=O) groups is 2. The number of aliphatic hydroxyl groups excluding tert-OH is 1. The van der Waals surface area contributed by atoms with Gasteiger partial charge >= 0.3 is 11.9 Å². The van der Waals surface area contributed by atoms with Gasteiger partial charge in [-0.25, -0.2) is 9.59 Å². The van der Waals surface area contributed by atoms with Gasteiger partial charge in [0, 0.05) is 12.2 Å². The van der Waals surface area contributed by atoms with Crippen molar-refractivity contribution in [3.63, 3.8) is 0 Å². The smallest absolute Gasteiger partial charge is 0.330 e. The molecular weight excluding hydrogens is 188 g/mol. The van der Waals surface area contributed by atoms with Crippen LogP contribution in [-0.4, -0.2) is 35.4 Å². The maximum Gasteiger partial charge on any atom is 0.330 e. The lowest BCUT2D eigenvalue weighted by molar-refractivity contribution is -0.138. The summed E-state index contributed by atoms with van der Waals surface area (Å²) in [4.78, 5) is 19.6. The summed E-state index contributed by atoms with van der Waals surface area (Å²) in [6.07, 6.45) is 3.61. The van der Waals surface area contributed by atoms with Gasteiger partial charge in [-0.1, -0.05) is 12.7 Å². The molecule has 0 spiro atoms. The predicted octanol–water partition coefficient (Wildman–Crippen LogP) is 0.355. The molecule has 0 aromatic rings. The van der Waals surface area contributed by atoms with Gasteiger partial charge in [0.2, 0.25) is 0 Å². The van der Waals surface area contributed by atoms with Crippen molar-refractivity contribution < 1.29 is 24.5 Å². The molecular formula is C9H14O5. The van der Waals surface area contributed by atoms with E-state index in [4.69, 9.17) is 10.2 Å². The Bertz CT molecular complexity index is 207. The highest BCUT2D eigenvalue weighted by Gasteiger charge is 1.90. The van der Waals surface area contributed by atoms with Gasteiger partial charge in [-0.2, -0.15) is 0 Å².